The van der Waals surface area contributed by atoms with E-state index in [0.29, 0.717) is 21.7 Å². The van der Waals surface area contributed by atoms with Crippen LogP contribution >= 0.6 is 11.6 Å². The zero-order valence-corrected chi connectivity index (χ0v) is 11.9. The number of aromatic nitrogens is 7. The summed E-state index contributed by atoms with van der Waals surface area (Å²) in [6.45, 7) is 0. The Hall–Kier alpha value is -3.27. The van der Waals surface area contributed by atoms with Gasteiger partial charge in [0.25, 0.3) is 11.4 Å². The molecule has 4 rings (SSSR count). The molecular weight excluding hydrogens is 326 g/mol. The normalized spacial score (nSPS) is 11.3. The Bertz CT molecular complexity index is 1130. The Labute approximate surface area is 131 Å². The second kappa shape index (κ2) is 4.61. The number of carboxylic acids is 1. The molecule has 0 atom stereocenters. The van der Waals surface area contributed by atoms with Crippen LogP contribution in [0, 0.1) is 0 Å². The smallest absolute Gasteiger partial charge is 0.375 e. The number of hydrogen-bond donors (Lipinski definition) is 2. The predicted molar refractivity (Wildman–Crippen MR) is 78.0 cm³/mol. The summed E-state index contributed by atoms with van der Waals surface area (Å²) in [5.41, 5.74) is 0.696. The van der Waals surface area contributed by atoms with Gasteiger partial charge in [0.15, 0.2) is 0 Å². The van der Waals surface area contributed by atoms with E-state index in [-0.39, 0.29) is 5.65 Å². The van der Waals surface area contributed by atoms with E-state index in [9.17, 15) is 9.59 Å². The van der Waals surface area contributed by atoms with Crippen molar-refractivity contribution in [2.45, 2.75) is 0 Å². The van der Waals surface area contributed by atoms with Gasteiger partial charge >= 0.3 is 5.97 Å². The first-order valence-corrected chi connectivity index (χ1v) is 6.63. The number of benzene rings is 1. The third-order valence-electron chi connectivity index (χ3n) is 3.24. The van der Waals surface area contributed by atoms with Crippen molar-refractivity contribution in [2.75, 3.05) is 0 Å². The number of nitrogens with zero attached hydrogens (tertiary/aromatic N) is 6. The zero-order chi connectivity index (χ0) is 16.1. The molecule has 0 radical (unpaired) electrons. The maximum atomic E-state index is 12.0. The standard InChI is InChI=1S/C12H6ClN7O3/c13-5-1-6-8(2-7(5)19-3-14-15-4-19)20-10(11(21)16-6)17-9(18-20)12(22)23/h1-4H,(H,16,21)(H,22,23). The second-order valence-electron chi connectivity index (χ2n) is 4.62. The molecule has 0 saturated heterocycles. The highest BCUT2D eigenvalue weighted by molar-refractivity contribution is 6.33. The molecule has 0 saturated carbocycles. The van der Waals surface area contributed by atoms with Crippen molar-refractivity contribution in [3.63, 3.8) is 0 Å². The molecule has 10 nitrogen and oxygen atoms in total. The lowest BCUT2D eigenvalue weighted by molar-refractivity contribution is 0.0684. The van der Waals surface area contributed by atoms with Gasteiger partial charge in [-0.3, -0.25) is 9.36 Å². The largest absolute Gasteiger partial charge is 0.475 e. The van der Waals surface area contributed by atoms with Crippen molar-refractivity contribution < 1.29 is 9.90 Å². The number of aromatic amines is 1. The molecule has 23 heavy (non-hydrogen) atoms. The first-order valence-electron chi connectivity index (χ1n) is 6.25. The third-order valence-corrected chi connectivity index (χ3v) is 3.54. The molecular formula is C12H6ClN7O3. The molecule has 0 unspecified atom stereocenters. The van der Waals surface area contributed by atoms with Gasteiger partial charge in [-0.2, -0.15) is 4.98 Å². The Kier molecular flexibility index (Phi) is 2.69. The molecule has 4 aromatic rings. The average Bonchev–Trinajstić information content (AvgIpc) is 3.16. The highest BCUT2D eigenvalue weighted by Gasteiger charge is 2.17. The lowest BCUT2D eigenvalue weighted by atomic mass is 10.2. The molecule has 0 aliphatic carbocycles. The topological polar surface area (TPSA) is 131 Å². The molecule has 0 amide bonds. The summed E-state index contributed by atoms with van der Waals surface area (Å²) in [7, 11) is 0. The molecule has 1 aromatic carbocycles. The van der Waals surface area contributed by atoms with Gasteiger partial charge in [-0.25, -0.2) is 9.31 Å². The number of fused-ring (bicyclic) bond motifs is 3. The van der Waals surface area contributed by atoms with Crippen molar-refractivity contribution in [1.82, 2.24) is 34.3 Å². The molecule has 0 aliphatic heterocycles. The Morgan fingerprint density at radius 1 is 1.26 bits per heavy atom. The van der Waals surface area contributed by atoms with Gasteiger partial charge in [0.1, 0.15) is 12.7 Å². The third kappa shape index (κ3) is 1.96. The fourth-order valence-corrected chi connectivity index (χ4v) is 2.51. The maximum Gasteiger partial charge on any atom is 0.375 e. The van der Waals surface area contributed by atoms with E-state index in [4.69, 9.17) is 16.7 Å². The van der Waals surface area contributed by atoms with Crippen LogP contribution in [-0.2, 0) is 0 Å². The van der Waals surface area contributed by atoms with Crippen LogP contribution < -0.4 is 5.56 Å². The van der Waals surface area contributed by atoms with Crippen LogP contribution in [0.3, 0.4) is 0 Å². The number of carboxylic acid groups (broad SMARTS) is 1. The predicted octanol–water partition coefficient (Wildman–Crippen LogP) is 0.503. The summed E-state index contributed by atoms with van der Waals surface area (Å²) in [4.78, 5) is 29.4. The van der Waals surface area contributed by atoms with Crippen molar-refractivity contribution in [1.29, 1.82) is 0 Å². The molecule has 11 heteroatoms. The lowest BCUT2D eigenvalue weighted by Gasteiger charge is -2.07. The number of hydrogen-bond acceptors (Lipinski definition) is 6. The summed E-state index contributed by atoms with van der Waals surface area (Å²) in [5.74, 6) is -1.79. The van der Waals surface area contributed by atoms with Gasteiger partial charge in [-0.1, -0.05) is 11.6 Å². The van der Waals surface area contributed by atoms with E-state index >= 15 is 0 Å². The minimum Gasteiger partial charge on any atom is -0.475 e. The minimum absolute atomic E-state index is 0.119. The highest BCUT2D eigenvalue weighted by Crippen LogP contribution is 2.25. The monoisotopic (exact) mass is 331 g/mol. The average molecular weight is 332 g/mol. The summed E-state index contributed by atoms with van der Waals surface area (Å²) in [6, 6.07) is 3.17. The van der Waals surface area contributed by atoms with Crippen LogP contribution in [0.15, 0.2) is 29.6 Å². The van der Waals surface area contributed by atoms with Crippen molar-refractivity contribution in [2.24, 2.45) is 0 Å². The van der Waals surface area contributed by atoms with Crippen LogP contribution in [0.2, 0.25) is 5.02 Å². The Morgan fingerprint density at radius 2 is 2.00 bits per heavy atom. The van der Waals surface area contributed by atoms with Gasteiger partial charge in [0, 0.05) is 0 Å². The van der Waals surface area contributed by atoms with E-state index in [1.165, 1.54) is 23.2 Å². The van der Waals surface area contributed by atoms with Gasteiger partial charge in [-0.05, 0) is 12.1 Å². The first kappa shape index (κ1) is 13.4. The zero-order valence-electron chi connectivity index (χ0n) is 11.1. The molecule has 2 N–H and O–H groups in total. The number of H-pyrrole nitrogens is 1. The molecule has 0 aliphatic rings. The quantitative estimate of drug-likeness (QED) is 0.546. The van der Waals surface area contributed by atoms with Crippen LogP contribution in [0.25, 0.3) is 22.4 Å². The fraction of sp³-hybridized carbons (Fsp3) is 0. The van der Waals surface area contributed by atoms with Gasteiger partial charge in [0.05, 0.1) is 21.7 Å². The molecule has 0 spiro atoms. The van der Waals surface area contributed by atoms with E-state index in [1.54, 1.807) is 10.6 Å². The van der Waals surface area contributed by atoms with Crippen LogP contribution in [-0.4, -0.2) is 45.4 Å². The van der Waals surface area contributed by atoms with Crippen LogP contribution in [0.1, 0.15) is 10.6 Å². The van der Waals surface area contributed by atoms with E-state index in [0.717, 1.165) is 0 Å². The van der Waals surface area contributed by atoms with Crippen molar-refractivity contribution >= 4 is 34.3 Å². The molecule has 3 heterocycles. The summed E-state index contributed by atoms with van der Waals surface area (Å²) in [6.07, 6.45) is 2.92. The molecule has 114 valence electrons. The highest BCUT2D eigenvalue weighted by atomic mass is 35.5. The maximum absolute atomic E-state index is 12.0. The van der Waals surface area contributed by atoms with Crippen LogP contribution in [0.4, 0.5) is 0 Å². The fourth-order valence-electron chi connectivity index (χ4n) is 2.24. The SMILES string of the molecule is O=C(O)c1nc2c(=O)[nH]c3cc(Cl)c(-n4cnnc4)cc3n2n1. The number of carbonyl (C=O) groups is 1. The summed E-state index contributed by atoms with van der Waals surface area (Å²) < 4.78 is 2.75. The summed E-state index contributed by atoms with van der Waals surface area (Å²) >= 11 is 6.22. The van der Waals surface area contributed by atoms with Crippen molar-refractivity contribution in [3.8, 4) is 5.69 Å². The van der Waals surface area contributed by atoms with Gasteiger partial charge in [-0.15, -0.1) is 15.3 Å². The molecule has 0 fully saturated rings. The number of halogens is 1. The van der Waals surface area contributed by atoms with Crippen LogP contribution in [0.5, 0.6) is 0 Å². The Balaban J connectivity index is 2.13. The van der Waals surface area contributed by atoms with E-state index in [1.807, 2.05) is 0 Å². The summed E-state index contributed by atoms with van der Waals surface area (Å²) in [5, 5.41) is 20.6. The lowest BCUT2D eigenvalue weighted by Crippen LogP contribution is -2.11. The van der Waals surface area contributed by atoms with E-state index in [2.05, 4.69) is 25.3 Å². The minimum atomic E-state index is -1.32. The van der Waals surface area contributed by atoms with Crippen molar-refractivity contribution in [3.05, 3.63) is 46.0 Å². The number of aromatic carboxylic acids is 1. The van der Waals surface area contributed by atoms with Gasteiger partial charge < -0.3 is 10.1 Å². The number of rotatable bonds is 2. The van der Waals surface area contributed by atoms with E-state index < -0.39 is 17.4 Å². The second-order valence-corrected chi connectivity index (χ2v) is 5.03. The Morgan fingerprint density at radius 3 is 2.70 bits per heavy atom. The number of nitrogens with one attached hydrogen (secondary N) is 1. The van der Waals surface area contributed by atoms with Gasteiger partial charge in [0.2, 0.25) is 5.65 Å². The first-order chi connectivity index (χ1) is 11.0. The molecule has 3 aromatic heterocycles. The molecule has 0 bridgehead atoms.